The van der Waals surface area contributed by atoms with Gasteiger partial charge in [0.25, 0.3) is 0 Å². The highest BCUT2D eigenvalue weighted by atomic mass is 16.4. The van der Waals surface area contributed by atoms with Crippen LogP contribution in [0.15, 0.2) is 24.4 Å². The number of fused-ring (bicyclic) bond motifs is 1. The molecular formula is C16H22N2O2. The minimum atomic E-state index is -0.937. The first-order chi connectivity index (χ1) is 9.54. The number of benzene rings is 1. The monoisotopic (exact) mass is 274 g/mol. The van der Waals surface area contributed by atoms with Gasteiger partial charge in [0.15, 0.2) is 0 Å². The number of unbranched alkanes of at least 4 members (excludes halogenated alkanes) is 1. The third-order valence-corrected chi connectivity index (χ3v) is 3.86. The maximum Gasteiger partial charge on any atom is 0.321 e. The summed E-state index contributed by atoms with van der Waals surface area (Å²) in [5, 5.41) is 10.3. The zero-order valence-electron chi connectivity index (χ0n) is 12.0. The van der Waals surface area contributed by atoms with Crippen LogP contribution in [-0.4, -0.2) is 22.1 Å². The number of nitrogens with one attached hydrogen (secondary N) is 1. The van der Waals surface area contributed by atoms with Gasteiger partial charge < -0.3 is 15.8 Å². The standard InChI is InChI=1S/C16H22N2O2/c1-3-4-5-12(15(17)16(19)20)13-9-18-14-8-10(2)6-7-11(13)14/h6-9,12,15,18H,3-5,17H2,1-2H3,(H,19,20)/t12-,15-/m0/s1. The van der Waals surface area contributed by atoms with E-state index in [1.165, 1.54) is 5.56 Å². The molecule has 0 bridgehead atoms. The molecule has 0 saturated heterocycles. The Hall–Kier alpha value is -1.81. The van der Waals surface area contributed by atoms with Gasteiger partial charge in [-0.15, -0.1) is 0 Å². The second-order valence-corrected chi connectivity index (χ2v) is 5.41. The van der Waals surface area contributed by atoms with Crippen LogP contribution in [0.4, 0.5) is 0 Å². The summed E-state index contributed by atoms with van der Waals surface area (Å²) in [7, 11) is 0. The Morgan fingerprint density at radius 1 is 1.45 bits per heavy atom. The zero-order chi connectivity index (χ0) is 14.7. The number of aromatic amines is 1. The summed E-state index contributed by atoms with van der Waals surface area (Å²) in [5.41, 5.74) is 9.14. The Kier molecular flexibility index (Phi) is 4.45. The van der Waals surface area contributed by atoms with E-state index in [9.17, 15) is 9.90 Å². The molecule has 1 aromatic carbocycles. The van der Waals surface area contributed by atoms with Crippen molar-refractivity contribution in [3.8, 4) is 0 Å². The van der Waals surface area contributed by atoms with Gasteiger partial charge in [0.2, 0.25) is 0 Å². The average Bonchev–Trinajstić information content (AvgIpc) is 2.82. The number of aromatic nitrogens is 1. The molecule has 20 heavy (non-hydrogen) atoms. The number of aliphatic carboxylic acids is 1. The molecule has 0 amide bonds. The van der Waals surface area contributed by atoms with Gasteiger partial charge in [0.1, 0.15) is 6.04 Å². The van der Waals surface area contributed by atoms with Crippen molar-refractivity contribution < 1.29 is 9.90 Å². The van der Waals surface area contributed by atoms with Crippen molar-refractivity contribution in [1.29, 1.82) is 0 Å². The fraction of sp³-hybridized carbons (Fsp3) is 0.438. The van der Waals surface area contributed by atoms with E-state index in [1.54, 1.807) is 0 Å². The van der Waals surface area contributed by atoms with Crippen LogP contribution >= 0.6 is 0 Å². The number of aryl methyl sites for hydroxylation is 1. The first kappa shape index (κ1) is 14.6. The van der Waals surface area contributed by atoms with E-state index in [4.69, 9.17) is 5.73 Å². The minimum Gasteiger partial charge on any atom is -0.480 e. The van der Waals surface area contributed by atoms with Crippen LogP contribution in [0.1, 0.15) is 43.2 Å². The lowest BCUT2D eigenvalue weighted by atomic mass is 9.87. The molecule has 0 fully saturated rings. The molecule has 0 aliphatic heterocycles. The molecule has 108 valence electrons. The van der Waals surface area contributed by atoms with Gasteiger partial charge in [-0.2, -0.15) is 0 Å². The van der Waals surface area contributed by atoms with Crippen LogP contribution in [-0.2, 0) is 4.79 Å². The van der Waals surface area contributed by atoms with Crippen molar-refractivity contribution >= 4 is 16.9 Å². The summed E-state index contributed by atoms with van der Waals surface area (Å²) >= 11 is 0. The number of carboxylic acids is 1. The van der Waals surface area contributed by atoms with Crippen molar-refractivity contribution in [2.24, 2.45) is 5.73 Å². The van der Waals surface area contributed by atoms with Crippen molar-refractivity contribution in [2.45, 2.75) is 45.1 Å². The highest BCUT2D eigenvalue weighted by Gasteiger charge is 2.27. The van der Waals surface area contributed by atoms with Crippen molar-refractivity contribution in [3.63, 3.8) is 0 Å². The SMILES string of the molecule is CCCC[C@@H](c1c[nH]c2cc(C)ccc12)[C@H](N)C(=O)O. The Bertz CT molecular complexity index is 604. The van der Waals surface area contributed by atoms with E-state index in [0.717, 1.165) is 35.7 Å². The van der Waals surface area contributed by atoms with Gasteiger partial charge in [-0.1, -0.05) is 31.9 Å². The molecule has 4 nitrogen and oxygen atoms in total. The molecule has 4 heteroatoms. The summed E-state index contributed by atoms with van der Waals surface area (Å²) in [6.07, 6.45) is 4.71. The largest absolute Gasteiger partial charge is 0.480 e. The van der Waals surface area contributed by atoms with E-state index in [2.05, 4.69) is 18.0 Å². The maximum absolute atomic E-state index is 11.3. The van der Waals surface area contributed by atoms with E-state index in [-0.39, 0.29) is 5.92 Å². The lowest BCUT2D eigenvalue weighted by molar-refractivity contribution is -0.139. The summed E-state index contributed by atoms with van der Waals surface area (Å²) in [4.78, 5) is 14.5. The number of hydrogen-bond acceptors (Lipinski definition) is 2. The summed E-state index contributed by atoms with van der Waals surface area (Å²) in [5.74, 6) is -1.09. The summed E-state index contributed by atoms with van der Waals surface area (Å²) in [6.45, 7) is 4.14. The number of rotatable bonds is 6. The molecule has 0 radical (unpaired) electrons. The van der Waals surface area contributed by atoms with Gasteiger partial charge in [-0.3, -0.25) is 4.79 Å². The number of H-pyrrole nitrogens is 1. The lowest BCUT2D eigenvalue weighted by Gasteiger charge is -2.20. The second kappa shape index (κ2) is 6.09. The van der Waals surface area contributed by atoms with Crippen LogP contribution in [0, 0.1) is 6.92 Å². The quantitative estimate of drug-likeness (QED) is 0.757. The number of carboxylic acid groups (broad SMARTS) is 1. The molecule has 2 atom stereocenters. The highest BCUT2D eigenvalue weighted by Crippen LogP contribution is 2.31. The van der Waals surface area contributed by atoms with Crippen molar-refractivity contribution in [1.82, 2.24) is 4.98 Å². The smallest absolute Gasteiger partial charge is 0.321 e. The maximum atomic E-state index is 11.3. The molecule has 0 spiro atoms. The van der Waals surface area contributed by atoms with Crippen molar-refractivity contribution in [3.05, 3.63) is 35.5 Å². The van der Waals surface area contributed by atoms with Crippen LogP contribution in [0.25, 0.3) is 10.9 Å². The molecule has 2 aromatic rings. The van der Waals surface area contributed by atoms with E-state index in [1.807, 2.05) is 25.3 Å². The minimum absolute atomic E-state index is 0.149. The van der Waals surface area contributed by atoms with Crippen molar-refractivity contribution in [2.75, 3.05) is 0 Å². The molecule has 1 heterocycles. The Labute approximate surface area is 119 Å². The molecule has 0 saturated carbocycles. The van der Waals surface area contributed by atoms with Crippen LogP contribution < -0.4 is 5.73 Å². The predicted molar refractivity (Wildman–Crippen MR) is 80.9 cm³/mol. The summed E-state index contributed by atoms with van der Waals surface area (Å²) in [6, 6.07) is 5.30. The Morgan fingerprint density at radius 3 is 2.85 bits per heavy atom. The Morgan fingerprint density at radius 2 is 2.20 bits per heavy atom. The normalized spacial score (nSPS) is 14.3. The highest BCUT2D eigenvalue weighted by molar-refractivity contribution is 5.85. The first-order valence-corrected chi connectivity index (χ1v) is 7.10. The van der Waals surface area contributed by atoms with Crippen LogP contribution in [0.3, 0.4) is 0 Å². The summed E-state index contributed by atoms with van der Waals surface area (Å²) < 4.78 is 0. The lowest BCUT2D eigenvalue weighted by Crippen LogP contribution is -2.36. The molecule has 1 aromatic heterocycles. The molecule has 0 aliphatic rings. The zero-order valence-corrected chi connectivity index (χ0v) is 12.0. The average molecular weight is 274 g/mol. The fourth-order valence-corrected chi connectivity index (χ4v) is 2.69. The first-order valence-electron chi connectivity index (χ1n) is 7.10. The number of hydrogen-bond donors (Lipinski definition) is 3. The second-order valence-electron chi connectivity index (χ2n) is 5.41. The van der Waals surface area contributed by atoms with Gasteiger partial charge >= 0.3 is 5.97 Å². The third kappa shape index (κ3) is 2.85. The van der Waals surface area contributed by atoms with Gasteiger partial charge in [0.05, 0.1) is 0 Å². The topological polar surface area (TPSA) is 79.1 Å². The Balaban J connectivity index is 2.42. The number of carbonyl (C=O) groups is 1. The predicted octanol–water partition coefficient (Wildman–Crippen LogP) is 3.16. The van der Waals surface area contributed by atoms with Gasteiger partial charge in [-0.25, -0.2) is 0 Å². The van der Waals surface area contributed by atoms with Gasteiger partial charge in [-0.05, 0) is 30.5 Å². The molecule has 4 N–H and O–H groups in total. The van der Waals surface area contributed by atoms with E-state index in [0.29, 0.717) is 0 Å². The molecule has 0 unspecified atom stereocenters. The van der Waals surface area contributed by atoms with E-state index >= 15 is 0 Å². The molecular weight excluding hydrogens is 252 g/mol. The fourth-order valence-electron chi connectivity index (χ4n) is 2.69. The molecule has 0 aliphatic carbocycles. The van der Waals surface area contributed by atoms with Crippen LogP contribution in [0.2, 0.25) is 0 Å². The molecule has 2 rings (SSSR count). The third-order valence-electron chi connectivity index (χ3n) is 3.86. The van der Waals surface area contributed by atoms with E-state index < -0.39 is 12.0 Å². The van der Waals surface area contributed by atoms with Crippen LogP contribution in [0.5, 0.6) is 0 Å². The number of nitrogens with two attached hydrogens (primary N) is 1. The van der Waals surface area contributed by atoms with Gasteiger partial charge in [0, 0.05) is 23.0 Å².